The topological polar surface area (TPSA) is 58.6 Å². The van der Waals surface area contributed by atoms with Crippen molar-refractivity contribution in [1.29, 1.82) is 0 Å². The van der Waals surface area contributed by atoms with Gasteiger partial charge in [-0.05, 0) is 68.5 Å². The van der Waals surface area contributed by atoms with Crippen molar-refractivity contribution in [1.82, 2.24) is 4.90 Å². The molecule has 3 rings (SSSR count). The van der Waals surface area contributed by atoms with Gasteiger partial charge in [-0.1, -0.05) is 25.1 Å². The van der Waals surface area contributed by atoms with E-state index in [0.717, 1.165) is 31.5 Å². The standard InChI is InChI=1S/C23H28N2O3/c1-16-12-14-25(15-13-16)23(27)19-8-10-20(11-9-19)24-22(26)18(3)28-21-7-5-4-6-17(21)2/h4-11,16,18H,12-15H2,1-3H3,(H,24,26). The largest absolute Gasteiger partial charge is 0.481 e. The number of amides is 2. The minimum Gasteiger partial charge on any atom is -0.481 e. The molecule has 0 aliphatic carbocycles. The lowest BCUT2D eigenvalue weighted by molar-refractivity contribution is -0.122. The number of nitrogens with one attached hydrogen (secondary N) is 1. The zero-order valence-electron chi connectivity index (χ0n) is 16.8. The first-order valence-electron chi connectivity index (χ1n) is 9.86. The summed E-state index contributed by atoms with van der Waals surface area (Å²) >= 11 is 0. The highest BCUT2D eigenvalue weighted by Crippen LogP contribution is 2.20. The van der Waals surface area contributed by atoms with E-state index in [0.29, 0.717) is 22.9 Å². The van der Waals surface area contributed by atoms with Crippen molar-refractivity contribution in [2.24, 2.45) is 5.92 Å². The number of aryl methyl sites for hydroxylation is 1. The Morgan fingerprint density at radius 1 is 1.07 bits per heavy atom. The molecule has 28 heavy (non-hydrogen) atoms. The van der Waals surface area contributed by atoms with Crippen LogP contribution in [0.5, 0.6) is 5.75 Å². The summed E-state index contributed by atoms with van der Waals surface area (Å²) in [7, 11) is 0. The predicted molar refractivity (Wildman–Crippen MR) is 111 cm³/mol. The van der Waals surface area contributed by atoms with Gasteiger partial charge in [0.1, 0.15) is 5.75 Å². The van der Waals surface area contributed by atoms with Crippen LogP contribution in [0.4, 0.5) is 5.69 Å². The molecule has 1 unspecified atom stereocenters. The van der Waals surface area contributed by atoms with Gasteiger partial charge in [0.25, 0.3) is 11.8 Å². The van der Waals surface area contributed by atoms with Crippen LogP contribution in [0.1, 0.15) is 42.6 Å². The van der Waals surface area contributed by atoms with E-state index in [9.17, 15) is 9.59 Å². The Labute approximate surface area is 166 Å². The lowest BCUT2D eigenvalue weighted by Gasteiger charge is -2.30. The van der Waals surface area contributed by atoms with E-state index >= 15 is 0 Å². The first kappa shape index (κ1) is 19.9. The number of hydrogen-bond donors (Lipinski definition) is 1. The van der Waals surface area contributed by atoms with Gasteiger partial charge in [-0.2, -0.15) is 0 Å². The number of likely N-dealkylation sites (tertiary alicyclic amines) is 1. The molecule has 2 amide bonds. The van der Waals surface area contributed by atoms with E-state index in [1.807, 2.05) is 36.1 Å². The summed E-state index contributed by atoms with van der Waals surface area (Å²) in [6, 6.07) is 14.7. The lowest BCUT2D eigenvalue weighted by atomic mass is 9.98. The number of rotatable bonds is 5. The smallest absolute Gasteiger partial charge is 0.265 e. The van der Waals surface area contributed by atoms with E-state index in [1.165, 1.54) is 0 Å². The molecule has 0 radical (unpaired) electrons. The average molecular weight is 380 g/mol. The fourth-order valence-electron chi connectivity index (χ4n) is 3.27. The van der Waals surface area contributed by atoms with Crippen molar-refractivity contribution < 1.29 is 14.3 Å². The molecule has 1 N–H and O–H groups in total. The number of nitrogens with zero attached hydrogens (tertiary/aromatic N) is 1. The van der Waals surface area contributed by atoms with Crippen molar-refractivity contribution >= 4 is 17.5 Å². The number of piperidine rings is 1. The third kappa shape index (κ3) is 4.91. The first-order valence-corrected chi connectivity index (χ1v) is 9.86. The highest BCUT2D eigenvalue weighted by Gasteiger charge is 2.21. The average Bonchev–Trinajstić information content (AvgIpc) is 2.70. The summed E-state index contributed by atoms with van der Waals surface area (Å²) < 4.78 is 5.76. The van der Waals surface area contributed by atoms with Gasteiger partial charge in [0.2, 0.25) is 0 Å². The van der Waals surface area contributed by atoms with Gasteiger partial charge < -0.3 is 15.0 Å². The SMILES string of the molecule is Cc1ccccc1OC(C)C(=O)Nc1ccc(C(=O)N2CCC(C)CC2)cc1. The van der Waals surface area contributed by atoms with Gasteiger partial charge in [0, 0.05) is 24.3 Å². The minimum atomic E-state index is -0.627. The molecule has 0 bridgehead atoms. The van der Waals surface area contributed by atoms with Gasteiger partial charge in [0.15, 0.2) is 6.10 Å². The Balaban J connectivity index is 1.57. The van der Waals surface area contributed by atoms with Crippen LogP contribution in [0, 0.1) is 12.8 Å². The van der Waals surface area contributed by atoms with Crippen LogP contribution < -0.4 is 10.1 Å². The Morgan fingerprint density at radius 2 is 1.71 bits per heavy atom. The van der Waals surface area contributed by atoms with Crippen molar-refractivity contribution in [3.8, 4) is 5.75 Å². The van der Waals surface area contributed by atoms with Crippen LogP contribution in [0.25, 0.3) is 0 Å². The molecule has 1 saturated heterocycles. The molecule has 2 aromatic carbocycles. The van der Waals surface area contributed by atoms with Crippen LogP contribution in [-0.2, 0) is 4.79 Å². The normalized spacial score (nSPS) is 15.8. The van der Waals surface area contributed by atoms with Crippen LogP contribution in [-0.4, -0.2) is 35.9 Å². The second-order valence-corrected chi connectivity index (χ2v) is 7.57. The van der Waals surface area contributed by atoms with Gasteiger partial charge in [-0.15, -0.1) is 0 Å². The fraction of sp³-hybridized carbons (Fsp3) is 0.391. The molecule has 1 atom stereocenters. The van der Waals surface area contributed by atoms with Crippen LogP contribution in [0.2, 0.25) is 0 Å². The molecule has 1 aliphatic heterocycles. The monoisotopic (exact) mass is 380 g/mol. The molecular weight excluding hydrogens is 352 g/mol. The third-order valence-corrected chi connectivity index (χ3v) is 5.24. The van der Waals surface area contributed by atoms with Crippen LogP contribution in [0.15, 0.2) is 48.5 Å². The molecule has 1 aliphatic rings. The zero-order chi connectivity index (χ0) is 20.1. The number of para-hydroxylation sites is 1. The number of benzene rings is 2. The van der Waals surface area contributed by atoms with Gasteiger partial charge >= 0.3 is 0 Å². The zero-order valence-corrected chi connectivity index (χ0v) is 16.8. The molecule has 1 fully saturated rings. The maximum absolute atomic E-state index is 12.6. The summed E-state index contributed by atoms with van der Waals surface area (Å²) in [6.45, 7) is 7.51. The van der Waals surface area contributed by atoms with Gasteiger partial charge in [0.05, 0.1) is 0 Å². The number of carbonyl (C=O) groups is 2. The Morgan fingerprint density at radius 3 is 2.36 bits per heavy atom. The summed E-state index contributed by atoms with van der Waals surface area (Å²) in [6.07, 6.45) is 1.48. The molecule has 1 heterocycles. The summed E-state index contributed by atoms with van der Waals surface area (Å²) in [5.74, 6) is 1.21. The Bertz CT molecular complexity index is 824. The van der Waals surface area contributed by atoms with Crippen molar-refractivity contribution in [3.63, 3.8) is 0 Å². The Hall–Kier alpha value is -2.82. The van der Waals surface area contributed by atoms with Crippen LogP contribution in [0.3, 0.4) is 0 Å². The highest BCUT2D eigenvalue weighted by atomic mass is 16.5. The highest BCUT2D eigenvalue weighted by molar-refractivity contribution is 5.97. The van der Waals surface area contributed by atoms with Crippen molar-refractivity contribution in [3.05, 3.63) is 59.7 Å². The number of anilines is 1. The number of hydrogen-bond acceptors (Lipinski definition) is 3. The molecule has 0 aromatic heterocycles. The fourth-order valence-corrected chi connectivity index (χ4v) is 3.27. The van der Waals surface area contributed by atoms with Crippen molar-refractivity contribution in [2.45, 2.75) is 39.7 Å². The summed E-state index contributed by atoms with van der Waals surface area (Å²) in [5, 5.41) is 2.84. The second-order valence-electron chi connectivity index (χ2n) is 7.57. The molecule has 5 heteroatoms. The molecule has 0 spiro atoms. The Kier molecular flexibility index (Phi) is 6.34. The molecular formula is C23H28N2O3. The molecule has 148 valence electrons. The van der Waals surface area contributed by atoms with E-state index in [2.05, 4.69) is 12.2 Å². The maximum atomic E-state index is 12.6. The van der Waals surface area contributed by atoms with Crippen molar-refractivity contribution in [2.75, 3.05) is 18.4 Å². The van der Waals surface area contributed by atoms with Gasteiger partial charge in [-0.25, -0.2) is 0 Å². The minimum absolute atomic E-state index is 0.0565. The summed E-state index contributed by atoms with van der Waals surface area (Å²) in [5.41, 5.74) is 2.28. The van der Waals surface area contributed by atoms with E-state index < -0.39 is 6.10 Å². The molecule has 0 saturated carbocycles. The number of ether oxygens (including phenoxy) is 1. The predicted octanol–water partition coefficient (Wildman–Crippen LogP) is 4.27. The quantitative estimate of drug-likeness (QED) is 0.843. The lowest BCUT2D eigenvalue weighted by Crippen LogP contribution is -2.37. The van der Waals surface area contributed by atoms with Gasteiger partial charge in [-0.3, -0.25) is 9.59 Å². The molecule has 2 aromatic rings. The first-order chi connectivity index (χ1) is 13.4. The van der Waals surface area contributed by atoms with E-state index in [1.54, 1.807) is 31.2 Å². The third-order valence-electron chi connectivity index (χ3n) is 5.24. The van der Waals surface area contributed by atoms with E-state index in [4.69, 9.17) is 4.74 Å². The summed E-state index contributed by atoms with van der Waals surface area (Å²) in [4.78, 5) is 26.9. The van der Waals surface area contributed by atoms with E-state index in [-0.39, 0.29) is 11.8 Å². The maximum Gasteiger partial charge on any atom is 0.265 e. The molecule has 5 nitrogen and oxygen atoms in total. The van der Waals surface area contributed by atoms with Crippen LogP contribution >= 0.6 is 0 Å². The second kappa shape index (κ2) is 8.91. The number of carbonyl (C=O) groups excluding carboxylic acids is 2.